The number of benzene rings is 2. The van der Waals surface area contributed by atoms with Crippen LogP contribution in [-0.2, 0) is 11.3 Å². The van der Waals surface area contributed by atoms with E-state index in [1.807, 2.05) is 49.4 Å². The third kappa shape index (κ3) is 4.51. The number of aryl methyl sites for hydroxylation is 1. The van der Waals surface area contributed by atoms with Crippen molar-refractivity contribution in [3.63, 3.8) is 0 Å². The van der Waals surface area contributed by atoms with Gasteiger partial charge in [-0.15, -0.1) is 11.3 Å². The lowest BCUT2D eigenvalue weighted by atomic mass is 10.1. The van der Waals surface area contributed by atoms with Crippen molar-refractivity contribution in [2.45, 2.75) is 33.7 Å². The number of carbonyl (C=O) groups excluding carboxylic acids is 1. The summed E-state index contributed by atoms with van der Waals surface area (Å²) in [4.78, 5) is 29.0. The van der Waals surface area contributed by atoms with Gasteiger partial charge in [0.15, 0.2) is 11.5 Å². The van der Waals surface area contributed by atoms with E-state index in [1.165, 1.54) is 11.3 Å². The standard InChI is InChI=1S/C27H29N3O4S/c1-4-29(5-2)11-6-12-30-26(32)23(15-18-8-10-21-22(14-18)34-16-33-21)35-27(30)24-19-13-17(3)7-9-20(19)28-25(24)31/h7-10,13-15H,4-6,11-12,16H2,1-3H3,(H,28,31)/b23-15-,27-24+. The number of nitrogens with one attached hydrogen (secondary N) is 1. The van der Waals surface area contributed by atoms with Crippen molar-refractivity contribution in [1.82, 2.24) is 9.47 Å². The van der Waals surface area contributed by atoms with Crippen LogP contribution in [0.2, 0.25) is 0 Å². The van der Waals surface area contributed by atoms with Gasteiger partial charge in [-0.05, 0) is 68.9 Å². The molecule has 7 nitrogen and oxygen atoms in total. The van der Waals surface area contributed by atoms with E-state index in [0.717, 1.165) is 48.4 Å². The molecule has 2 aliphatic rings. The fraction of sp³-hybridized carbons (Fsp3) is 0.333. The molecule has 0 radical (unpaired) electrons. The minimum atomic E-state index is -0.168. The fourth-order valence-corrected chi connectivity index (χ4v) is 5.74. The van der Waals surface area contributed by atoms with Gasteiger partial charge in [0.25, 0.3) is 11.5 Å². The predicted molar refractivity (Wildman–Crippen MR) is 139 cm³/mol. The van der Waals surface area contributed by atoms with Gasteiger partial charge in [0.1, 0.15) is 4.66 Å². The highest BCUT2D eigenvalue weighted by atomic mass is 32.1. The number of ether oxygens (including phenoxy) is 2. The average Bonchev–Trinajstić information content (AvgIpc) is 3.52. The molecule has 8 heteroatoms. The maximum atomic E-state index is 13.6. The fourth-order valence-electron chi connectivity index (χ4n) is 4.55. The first kappa shape index (κ1) is 23.4. The van der Waals surface area contributed by atoms with Crippen LogP contribution in [-0.4, -0.2) is 41.8 Å². The summed E-state index contributed by atoms with van der Waals surface area (Å²) >= 11 is 1.37. The third-order valence-electron chi connectivity index (χ3n) is 6.49. The van der Waals surface area contributed by atoms with Crippen LogP contribution >= 0.6 is 11.3 Å². The van der Waals surface area contributed by atoms with Crippen molar-refractivity contribution < 1.29 is 14.3 Å². The topological polar surface area (TPSA) is 72.8 Å². The first-order valence-corrected chi connectivity index (χ1v) is 12.8. The lowest BCUT2D eigenvalue weighted by Crippen LogP contribution is -2.34. The van der Waals surface area contributed by atoms with Gasteiger partial charge in [-0.2, -0.15) is 0 Å². The van der Waals surface area contributed by atoms with Crippen LogP contribution in [0.15, 0.2) is 41.2 Å². The van der Waals surface area contributed by atoms with Gasteiger partial charge in [0, 0.05) is 17.8 Å². The van der Waals surface area contributed by atoms with Crippen LogP contribution in [0, 0.1) is 6.92 Å². The Hall–Kier alpha value is -3.36. The second-order valence-electron chi connectivity index (χ2n) is 8.74. The number of nitrogens with zero attached hydrogens (tertiary/aromatic N) is 2. The quantitative estimate of drug-likeness (QED) is 0.550. The van der Waals surface area contributed by atoms with Crippen molar-refractivity contribution >= 4 is 34.6 Å². The maximum Gasteiger partial charge on any atom is 0.269 e. The van der Waals surface area contributed by atoms with Gasteiger partial charge in [0.05, 0.1) is 10.1 Å². The van der Waals surface area contributed by atoms with Crippen LogP contribution < -0.4 is 29.5 Å². The Labute approximate surface area is 207 Å². The predicted octanol–water partition coefficient (Wildman–Crippen LogP) is 2.66. The number of rotatable bonds is 7. The van der Waals surface area contributed by atoms with Crippen molar-refractivity contribution in [3.8, 4) is 11.5 Å². The Kier molecular flexibility index (Phi) is 6.49. The lowest BCUT2D eigenvalue weighted by molar-refractivity contribution is -0.110. The Morgan fingerprint density at radius 3 is 2.69 bits per heavy atom. The van der Waals surface area contributed by atoms with E-state index < -0.39 is 0 Å². The molecule has 0 fully saturated rings. The molecular weight excluding hydrogens is 462 g/mol. The second kappa shape index (κ2) is 9.71. The zero-order valence-corrected chi connectivity index (χ0v) is 21.0. The van der Waals surface area contributed by atoms with Gasteiger partial charge < -0.3 is 19.7 Å². The molecule has 0 spiro atoms. The zero-order valence-electron chi connectivity index (χ0n) is 20.2. The highest BCUT2D eigenvalue weighted by Crippen LogP contribution is 2.33. The average molecular weight is 492 g/mol. The van der Waals surface area contributed by atoms with Crippen molar-refractivity contribution in [1.29, 1.82) is 0 Å². The minimum absolute atomic E-state index is 0.0800. The van der Waals surface area contributed by atoms with E-state index in [1.54, 1.807) is 4.57 Å². The van der Waals surface area contributed by atoms with Gasteiger partial charge in [0.2, 0.25) is 6.79 Å². The first-order chi connectivity index (χ1) is 17.0. The van der Waals surface area contributed by atoms with Crippen LogP contribution in [0.1, 0.15) is 37.0 Å². The van der Waals surface area contributed by atoms with Crippen LogP contribution in [0.5, 0.6) is 11.5 Å². The molecule has 182 valence electrons. The number of anilines is 1. The summed E-state index contributed by atoms with van der Waals surface area (Å²) in [5, 5.41) is 2.97. The Morgan fingerprint density at radius 1 is 1.09 bits per heavy atom. The van der Waals surface area contributed by atoms with Gasteiger partial charge in [-0.3, -0.25) is 14.2 Å². The molecule has 2 aromatic carbocycles. The molecule has 1 aromatic heterocycles. The Bertz CT molecular complexity index is 1470. The third-order valence-corrected chi connectivity index (χ3v) is 7.62. The van der Waals surface area contributed by atoms with Crippen molar-refractivity contribution in [3.05, 3.63) is 72.6 Å². The van der Waals surface area contributed by atoms with Gasteiger partial charge in [-0.25, -0.2) is 0 Å². The minimum Gasteiger partial charge on any atom is -0.454 e. The van der Waals surface area contributed by atoms with Crippen LogP contribution in [0.4, 0.5) is 5.69 Å². The number of hydrogen-bond acceptors (Lipinski definition) is 6. The van der Waals surface area contributed by atoms with Crippen LogP contribution in [0.3, 0.4) is 0 Å². The first-order valence-electron chi connectivity index (χ1n) is 12.0. The molecule has 0 unspecified atom stereocenters. The summed E-state index contributed by atoms with van der Waals surface area (Å²) in [6.45, 7) is 9.87. The number of amides is 1. The summed E-state index contributed by atoms with van der Waals surface area (Å²) in [5.74, 6) is 1.20. The lowest BCUT2D eigenvalue weighted by Gasteiger charge is -2.17. The number of hydrogen-bond donors (Lipinski definition) is 1. The molecule has 5 rings (SSSR count). The van der Waals surface area contributed by atoms with Crippen molar-refractivity contribution in [2.24, 2.45) is 0 Å². The zero-order chi connectivity index (χ0) is 24.5. The summed E-state index contributed by atoms with van der Waals surface area (Å²) < 4.78 is 14.0. The Balaban J connectivity index is 1.65. The molecule has 2 aliphatic heterocycles. The highest BCUT2D eigenvalue weighted by molar-refractivity contribution is 7.07. The molecule has 35 heavy (non-hydrogen) atoms. The molecule has 1 N–H and O–H groups in total. The van der Waals surface area contributed by atoms with E-state index in [-0.39, 0.29) is 18.3 Å². The normalized spacial score (nSPS) is 16.2. The largest absolute Gasteiger partial charge is 0.454 e. The van der Waals surface area contributed by atoms with Gasteiger partial charge >= 0.3 is 0 Å². The molecule has 0 atom stereocenters. The van der Waals surface area contributed by atoms with Crippen LogP contribution in [0.25, 0.3) is 11.6 Å². The number of aromatic nitrogens is 1. The highest BCUT2D eigenvalue weighted by Gasteiger charge is 2.27. The second-order valence-corrected chi connectivity index (χ2v) is 9.77. The molecular formula is C27H29N3O4S. The van der Waals surface area contributed by atoms with Crippen molar-refractivity contribution in [2.75, 3.05) is 31.7 Å². The van der Waals surface area contributed by atoms with E-state index in [2.05, 4.69) is 24.1 Å². The summed E-state index contributed by atoms with van der Waals surface area (Å²) in [6.07, 6.45) is 2.69. The smallest absolute Gasteiger partial charge is 0.269 e. The molecule has 3 heterocycles. The molecule has 0 saturated carbocycles. The molecule has 3 aromatic rings. The molecule has 0 bridgehead atoms. The Morgan fingerprint density at radius 2 is 1.89 bits per heavy atom. The SMILES string of the molecule is CCN(CC)CCCn1c(=O)/c(=C/c2ccc3c(c2)OCO3)s/c1=C1/C(=O)Nc2ccc(C)cc21. The molecule has 0 aliphatic carbocycles. The number of thiazole rings is 1. The monoisotopic (exact) mass is 491 g/mol. The van der Waals surface area contributed by atoms with Gasteiger partial charge in [-0.1, -0.05) is 31.5 Å². The molecule has 1 amide bonds. The molecule has 0 saturated heterocycles. The maximum absolute atomic E-state index is 13.6. The number of carbonyl (C=O) groups is 1. The van der Waals surface area contributed by atoms with E-state index in [0.29, 0.717) is 32.8 Å². The summed E-state index contributed by atoms with van der Waals surface area (Å²) in [6, 6.07) is 11.5. The van der Waals surface area contributed by atoms with E-state index in [9.17, 15) is 9.59 Å². The number of fused-ring (bicyclic) bond motifs is 2. The van der Waals surface area contributed by atoms with E-state index >= 15 is 0 Å². The summed E-state index contributed by atoms with van der Waals surface area (Å²) in [5.41, 5.74) is 4.04. The summed E-state index contributed by atoms with van der Waals surface area (Å²) in [7, 11) is 0. The van der Waals surface area contributed by atoms with E-state index in [4.69, 9.17) is 9.47 Å².